The van der Waals surface area contributed by atoms with Crippen LogP contribution >= 0.6 is 0 Å². The average molecular weight is 180 g/mol. The fourth-order valence-corrected chi connectivity index (χ4v) is 0.682. The minimum Gasteiger partial charge on any atom is -0.497 e. The Bertz CT molecular complexity index is 253. The third kappa shape index (κ3) is 5.91. The second kappa shape index (κ2) is 6.23. The topological polar surface area (TPSA) is 26.3 Å². The predicted molar refractivity (Wildman–Crippen MR) is 54.3 cm³/mol. The summed E-state index contributed by atoms with van der Waals surface area (Å²) in [6.07, 6.45) is 6.28. The maximum absolute atomic E-state index is 10.3. The van der Waals surface area contributed by atoms with Gasteiger partial charge in [0, 0.05) is 0 Å². The van der Waals surface area contributed by atoms with E-state index in [1.165, 1.54) is 5.57 Å². The van der Waals surface area contributed by atoms with E-state index in [-0.39, 0.29) is 0 Å². The minimum absolute atomic E-state index is 0.648. The van der Waals surface area contributed by atoms with E-state index in [4.69, 9.17) is 4.74 Å². The number of hydrogen-bond acceptors (Lipinski definition) is 2. The Balaban J connectivity index is 4.61. The maximum atomic E-state index is 10.3. The predicted octanol–water partition coefficient (Wildman–Crippen LogP) is 2.63. The van der Waals surface area contributed by atoms with Gasteiger partial charge in [-0.25, -0.2) is 0 Å². The van der Waals surface area contributed by atoms with Crippen LogP contribution < -0.4 is 0 Å². The summed E-state index contributed by atoms with van der Waals surface area (Å²) in [5.74, 6) is 0.686. The van der Waals surface area contributed by atoms with Gasteiger partial charge in [0.1, 0.15) is 12.0 Å². The Morgan fingerprint density at radius 3 is 2.15 bits per heavy atom. The van der Waals surface area contributed by atoms with Crippen LogP contribution in [0.3, 0.4) is 0 Å². The van der Waals surface area contributed by atoms with E-state index in [1.807, 2.05) is 26.0 Å². The lowest BCUT2D eigenvalue weighted by Crippen LogP contribution is -1.84. The van der Waals surface area contributed by atoms with Crippen LogP contribution in [0.25, 0.3) is 0 Å². The lowest BCUT2D eigenvalue weighted by molar-refractivity contribution is -0.104. The Morgan fingerprint density at radius 2 is 1.77 bits per heavy atom. The molecule has 0 fully saturated rings. The van der Waals surface area contributed by atoms with Crippen LogP contribution in [-0.4, -0.2) is 13.4 Å². The summed E-state index contributed by atoms with van der Waals surface area (Å²) >= 11 is 0. The zero-order valence-corrected chi connectivity index (χ0v) is 8.63. The first-order valence-electron chi connectivity index (χ1n) is 4.12. The summed E-state index contributed by atoms with van der Waals surface area (Å²) in [5.41, 5.74) is 1.84. The van der Waals surface area contributed by atoms with Gasteiger partial charge in [-0.1, -0.05) is 11.6 Å². The van der Waals surface area contributed by atoms with Gasteiger partial charge in [-0.05, 0) is 38.5 Å². The molecule has 0 aliphatic carbocycles. The van der Waals surface area contributed by atoms with Crippen molar-refractivity contribution in [2.75, 3.05) is 7.11 Å². The molecule has 0 aromatic heterocycles. The molecule has 0 N–H and O–H groups in total. The van der Waals surface area contributed by atoms with Crippen LogP contribution in [-0.2, 0) is 9.53 Å². The van der Waals surface area contributed by atoms with Gasteiger partial charge in [0.2, 0.25) is 0 Å². The lowest BCUT2D eigenvalue weighted by atomic mass is 10.2. The summed E-state index contributed by atoms with van der Waals surface area (Å²) in [6.45, 7) is 5.74. The fourth-order valence-electron chi connectivity index (χ4n) is 0.682. The largest absolute Gasteiger partial charge is 0.497 e. The van der Waals surface area contributed by atoms with Gasteiger partial charge in [-0.3, -0.25) is 4.79 Å². The number of rotatable bonds is 4. The molecule has 0 atom stereocenters. The molecular weight excluding hydrogens is 164 g/mol. The highest BCUT2D eigenvalue weighted by Crippen LogP contribution is 2.03. The SMILES string of the molecule is COC(C=C(C)C=O)=CC=C(C)C. The molecule has 0 spiro atoms. The minimum atomic E-state index is 0.648. The van der Waals surface area contributed by atoms with Crippen LogP contribution in [0.15, 0.2) is 35.1 Å². The number of allylic oxidation sites excluding steroid dienone is 5. The summed E-state index contributed by atoms with van der Waals surface area (Å²) in [6, 6.07) is 0. The standard InChI is InChI=1S/C11H16O2/c1-9(2)5-6-11(13-4)7-10(3)8-12/h5-8H,1-4H3. The highest BCUT2D eigenvalue weighted by atomic mass is 16.5. The number of carbonyl (C=O) groups is 1. The average Bonchev–Trinajstić information content (AvgIpc) is 2.11. The van der Waals surface area contributed by atoms with E-state index < -0.39 is 0 Å². The van der Waals surface area contributed by atoms with E-state index in [9.17, 15) is 4.79 Å². The molecule has 0 radical (unpaired) electrons. The van der Waals surface area contributed by atoms with Crippen molar-refractivity contribution in [1.82, 2.24) is 0 Å². The molecule has 0 aliphatic heterocycles. The van der Waals surface area contributed by atoms with Crippen LogP contribution in [0.2, 0.25) is 0 Å². The molecule has 0 heterocycles. The van der Waals surface area contributed by atoms with Crippen LogP contribution in [0.5, 0.6) is 0 Å². The van der Waals surface area contributed by atoms with Gasteiger partial charge in [0.15, 0.2) is 0 Å². The number of ether oxygens (including phenoxy) is 1. The Labute approximate surface area is 79.6 Å². The molecule has 0 saturated heterocycles. The summed E-state index contributed by atoms with van der Waals surface area (Å²) in [5, 5.41) is 0. The Morgan fingerprint density at radius 1 is 1.15 bits per heavy atom. The van der Waals surface area contributed by atoms with Gasteiger partial charge < -0.3 is 4.74 Å². The summed E-state index contributed by atoms with van der Waals surface area (Å²) < 4.78 is 5.05. The highest BCUT2D eigenvalue weighted by Gasteiger charge is 1.90. The molecule has 13 heavy (non-hydrogen) atoms. The van der Waals surface area contributed by atoms with E-state index in [0.717, 1.165) is 6.29 Å². The summed E-state index contributed by atoms with van der Waals surface area (Å²) in [4.78, 5) is 10.3. The molecular formula is C11H16O2. The van der Waals surface area contributed by atoms with Crippen molar-refractivity contribution in [2.24, 2.45) is 0 Å². The van der Waals surface area contributed by atoms with Crippen molar-refractivity contribution in [2.45, 2.75) is 20.8 Å². The second-order valence-electron chi connectivity index (χ2n) is 3.02. The third-order valence-corrected chi connectivity index (χ3v) is 1.37. The quantitative estimate of drug-likeness (QED) is 0.288. The first-order valence-corrected chi connectivity index (χ1v) is 4.12. The van der Waals surface area contributed by atoms with Crippen molar-refractivity contribution >= 4 is 6.29 Å². The van der Waals surface area contributed by atoms with Crippen molar-refractivity contribution in [3.8, 4) is 0 Å². The molecule has 0 unspecified atom stereocenters. The van der Waals surface area contributed by atoms with Crippen molar-refractivity contribution in [3.05, 3.63) is 35.1 Å². The first-order chi connectivity index (χ1) is 6.10. The smallest absolute Gasteiger partial charge is 0.145 e. The first kappa shape index (κ1) is 11.7. The van der Waals surface area contributed by atoms with E-state index in [2.05, 4.69) is 0 Å². The molecule has 2 heteroatoms. The molecule has 2 nitrogen and oxygen atoms in total. The van der Waals surface area contributed by atoms with Gasteiger partial charge in [-0.15, -0.1) is 0 Å². The zero-order valence-electron chi connectivity index (χ0n) is 8.63. The third-order valence-electron chi connectivity index (χ3n) is 1.37. The number of aldehydes is 1. The molecule has 0 aromatic carbocycles. The van der Waals surface area contributed by atoms with Gasteiger partial charge in [0.05, 0.1) is 7.11 Å². The van der Waals surface area contributed by atoms with Crippen LogP contribution in [0.4, 0.5) is 0 Å². The maximum Gasteiger partial charge on any atom is 0.145 e. The van der Waals surface area contributed by atoms with Crippen LogP contribution in [0.1, 0.15) is 20.8 Å². The Kier molecular flexibility index (Phi) is 5.60. The van der Waals surface area contributed by atoms with E-state index >= 15 is 0 Å². The molecule has 0 amide bonds. The fraction of sp³-hybridized carbons (Fsp3) is 0.364. The zero-order chi connectivity index (χ0) is 10.3. The Hall–Kier alpha value is -1.31. The van der Waals surface area contributed by atoms with E-state index in [0.29, 0.717) is 11.3 Å². The van der Waals surface area contributed by atoms with E-state index in [1.54, 1.807) is 20.1 Å². The highest BCUT2D eigenvalue weighted by molar-refractivity contribution is 5.73. The molecule has 0 bridgehead atoms. The number of methoxy groups -OCH3 is 1. The summed E-state index contributed by atoms with van der Waals surface area (Å²) in [7, 11) is 1.58. The van der Waals surface area contributed by atoms with Crippen LogP contribution in [0, 0.1) is 0 Å². The number of hydrogen-bond donors (Lipinski definition) is 0. The van der Waals surface area contributed by atoms with Crippen molar-refractivity contribution in [1.29, 1.82) is 0 Å². The van der Waals surface area contributed by atoms with Crippen molar-refractivity contribution in [3.63, 3.8) is 0 Å². The molecule has 0 saturated carbocycles. The molecule has 0 aromatic rings. The van der Waals surface area contributed by atoms with Gasteiger partial charge >= 0.3 is 0 Å². The monoisotopic (exact) mass is 180 g/mol. The van der Waals surface area contributed by atoms with Crippen molar-refractivity contribution < 1.29 is 9.53 Å². The number of carbonyl (C=O) groups excluding carboxylic acids is 1. The normalized spacial score (nSPS) is 12.3. The van der Waals surface area contributed by atoms with Gasteiger partial charge in [0.25, 0.3) is 0 Å². The van der Waals surface area contributed by atoms with Gasteiger partial charge in [-0.2, -0.15) is 0 Å². The molecule has 0 aliphatic rings. The molecule has 72 valence electrons. The molecule has 0 rings (SSSR count). The second-order valence-corrected chi connectivity index (χ2v) is 3.02. The lowest BCUT2D eigenvalue weighted by Gasteiger charge is -1.98.